The van der Waals surface area contributed by atoms with Crippen LogP contribution in [0.3, 0.4) is 0 Å². The lowest BCUT2D eigenvalue weighted by Gasteiger charge is -2.06. The topological polar surface area (TPSA) is 59.8 Å². The molecule has 2 rings (SSSR count). The molecule has 0 aliphatic carbocycles. The van der Waals surface area contributed by atoms with E-state index in [9.17, 15) is 4.79 Å². The van der Waals surface area contributed by atoms with E-state index in [2.05, 4.69) is 31.2 Å². The first-order valence-electron chi connectivity index (χ1n) is 5.59. The normalized spacial score (nSPS) is 10.3. The van der Waals surface area contributed by atoms with Gasteiger partial charge in [0.1, 0.15) is 10.3 Å². The SMILES string of the molecule is CCNc1ccc(Cn2cncc(Br)c2=O)cn1. The summed E-state index contributed by atoms with van der Waals surface area (Å²) in [5.74, 6) is 0.834. The largest absolute Gasteiger partial charge is 0.370 e. The van der Waals surface area contributed by atoms with Gasteiger partial charge in [0.2, 0.25) is 0 Å². The number of hydrogen-bond acceptors (Lipinski definition) is 4. The predicted octanol–water partition coefficient (Wildman–Crippen LogP) is 1.88. The third-order valence-electron chi connectivity index (χ3n) is 2.39. The number of hydrogen-bond donors (Lipinski definition) is 1. The van der Waals surface area contributed by atoms with Crippen LogP contribution in [0, 0.1) is 0 Å². The van der Waals surface area contributed by atoms with Gasteiger partial charge in [-0.15, -0.1) is 0 Å². The van der Waals surface area contributed by atoms with Crippen LogP contribution in [0.15, 0.2) is 40.1 Å². The van der Waals surface area contributed by atoms with Crippen molar-refractivity contribution in [2.45, 2.75) is 13.5 Å². The molecular formula is C12H13BrN4O. The van der Waals surface area contributed by atoms with Crippen molar-refractivity contribution in [3.63, 3.8) is 0 Å². The van der Waals surface area contributed by atoms with E-state index in [1.165, 1.54) is 17.1 Å². The van der Waals surface area contributed by atoms with Crippen molar-refractivity contribution in [3.05, 3.63) is 51.2 Å². The molecule has 1 N–H and O–H groups in total. The molecular weight excluding hydrogens is 296 g/mol. The van der Waals surface area contributed by atoms with Gasteiger partial charge in [-0.05, 0) is 34.5 Å². The second-order valence-corrected chi connectivity index (χ2v) is 4.61. The Morgan fingerprint density at radius 2 is 2.22 bits per heavy atom. The van der Waals surface area contributed by atoms with Crippen LogP contribution in [0.25, 0.3) is 0 Å². The second kappa shape index (κ2) is 5.77. The van der Waals surface area contributed by atoms with Gasteiger partial charge in [-0.3, -0.25) is 9.36 Å². The van der Waals surface area contributed by atoms with Crippen LogP contribution >= 0.6 is 15.9 Å². The van der Waals surface area contributed by atoms with Gasteiger partial charge in [0.25, 0.3) is 5.56 Å². The molecule has 0 radical (unpaired) electrons. The number of aromatic nitrogens is 3. The third kappa shape index (κ3) is 2.95. The highest BCUT2D eigenvalue weighted by Gasteiger charge is 2.02. The highest BCUT2D eigenvalue weighted by molar-refractivity contribution is 9.10. The first-order valence-corrected chi connectivity index (χ1v) is 6.38. The summed E-state index contributed by atoms with van der Waals surface area (Å²) >= 11 is 3.17. The molecule has 0 aliphatic heterocycles. The smallest absolute Gasteiger partial charge is 0.267 e. The van der Waals surface area contributed by atoms with Crippen LogP contribution in [0.5, 0.6) is 0 Å². The minimum Gasteiger partial charge on any atom is -0.370 e. The molecule has 0 aromatic carbocycles. The fourth-order valence-corrected chi connectivity index (χ4v) is 1.88. The lowest BCUT2D eigenvalue weighted by atomic mass is 10.3. The van der Waals surface area contributed by atoms with E-state index in [4.69, 9.17) is 0 Å². The summed E-state index contributed by atoms with van der Waals surface area (Å²) in [7, 11) is 0. The standard InChI is InChI=1S/C12H13BrN4O/c1-2-15-11-4-3-9(5-16-11)7-17-8-14-6-10(13)12(17)18/h3-6,8H,2,7H2,1H3,(H,15,16). The molecule has 0 atom stereocenters. The zero-order valence-corrected chi connectivity index (χ0v) is 11.5. The number of nitrogens with one attached hydrogen (secondary N) is 1. The molecule has 2 aromatic heterocycles. The molecule has 2 heterocycles. The Balaban J connectivity index is 2.18. The molecule has 0 fully saturated rings. The fourth-order valence-electron chi connectivity index (χ4n) is 1.54. The van der Waals surface area contributed by atoms with Crippen molar-refractivity contribution in [1.29, 1.82) is 0 Å². The first-order chi connectivity index (χ1) is 8.70. The predicted molar refractivity (Wildman–Crippen MR) is 73.7 cm³/mol. The van der Waals surface area contributed by atoms with E-state index < -0.39 is 0 Å². The molecule has 0 spiro atoms. The van der Waals surface area contributed by atoms with Gasteiger partial charge < -0.3 is 5.32 Å². The second-order valence-electron chi connectivity index (χ2n) is 3.76. The Labute approximate surface area is 113 Å². The quantitative estimate of drug-likeness (QED) is 0.937. The average molecular weight is 309 g/mol. The summed E-state index contributed by atoms with van der Waals surface area (Å²) in [6, 6.07) is 3.84. The molecule has 0 saturated heterocycles. The third-order valence-corrected chi connectivity index (χ3v) is 2.94. The number of rotatable bonds is 4. The van der Waals surface area contributed by atoms with Crippen molar-refractivity contribution in [1.82, 2.24) is 14.5 Å². The Hall–Kier alpha value is -1.69. The van der Waals surface area contributed by atoms with Crippen LogP contribution in [0.4, 0.5) is 5.82 Å². The molecule has 0 amide bonds. The van der Waals surface area contributed by atoms with Gasteiger partial charge in [-0.25, -0.2) is 9.97 Å². The van der Waals surface area contributed by atoms with Crippen molar-refractivity contribution >= 4 is 21.7 Å². The highest BCUT2D eigenvalue weighted by Crippen LogP contribution is 2.06. The monoisotopic (exact) mass is 308 g/mol. The van der Waals surface area contributed by atoms with Gasteiger partial charge in [0.05, 0.1) is 12.9 Å². The molecule has 6 heteroatoms. The Morgan fingerprint density at radius 3 is 2.89 bits per heavy atom. The van der Waals surface area contributed by atoms with Crippen LogP contribution in [0.2, 0.25) is 0 Å². The maximum Gasteiger partial charge on any atom is 0.267 e. The van der Waals surface area contributed by atoms with Gasteiger partial charge in [0, 0.05) is 18.9 Å². The molecule has 2 aromatic rings. The minimum atomic E-state index is -0.0965. The van der Waals surface area contributed by atoms with E-state index in [-0.39, 0.29) is 5.56 Å². The molecule has 0 saturated carbocycles. The van der Waals surface area contributed by atoms with E-state index >= 15 is 0 Å². The fraction of sp³-hybridized carbons (Fsp3) is 0.250. The molecule has 18 heavy (non-hydrogen) atoms. The number of halogens is 1. The number of anilines is 1. The number of nitrogens with zero attached hydrogens (tertiary/aromatic N) is 3. The Bertz CT molecular complexity index is 579. The molecule has 0 unspecified atom stereocenters. The summed E-state index contributed by atoms with van der Waals surface area (Å²) in [4.78, 5) is 20.0. The Kier molecular flexibility index (Phi) is 4.09. The highest BCUT2D eigenvalue weighted by atomic mass is 79.9. The van der Waals surface area contributed by atoms with Gasteiger partial charge >= 0.3 is 0 Å². The Morgan fingerprint density at radius 1 is 1.39 bits per heavy atom. The maximum atomic E-state index is 11.8. The van der Waals surface area contributed by atoms with Crippen LogP contribution < -0.4 is 10.9 Å². The van der Waals surface area contributed by atoms with Crippen LogP contribution in [0.1, 0.15) is 12.5 Å². The maximum absolute atomic E-state index is 11.8. The van der Waals surface area contributed by atoms with Crippen molar-refractivity contribution in [2.75, 3.05) is 11.9 Å². The summed E-state index contributed by atoms with van der Waals surface area (Å²) in [6.07, 6.45) is 4.77. The zero-order chi connectivity index (χ0) is 13.0. The van der Waals surface area contributed by atoms with Gasteiger partial charge in [0.15, 0.2) is 0 Å². The van der Waals surface area contributed by atoms with Crippen molar-refractivity contribution in [3.8, 4) is 0 Å². The van der Waals surface area contributed by atoms with E-state index in [0.29, 0.717) is 11.0 Å². The van der Waals surface area contributed by atoms with Gasteiger partial charge in [-0.1, -0.05) is 6.07 Å². The summed E-state index contributed by atoms with van der Waals surface area (Å²) in [6.45, 7) is 3.31. The van der Waals surface area contributed by atoms with Crippen molar-refractivity contribution in [2.24, 2.45) is 0 Å². The van der Waals surface area contributed by atoms with E-state index in [1.54, 1.807) is 6.20 Å². The lowest BCUT2D eigenvalue weighted by Crippen LogP contribution is -2.21. The lowest BCUT2D eigenvalue weighted by molar-refractivity contribution is 0.728. The molecule has 94 valence electrons. The van der Waals surface area contributed by atoms with E-state index in [1.807, 2.05) is 19.1 Å². The zero-order valence-electron chi connectivity index (χ0n) is 9.93. The van der Waals surface area contributed by atoms with Crippen molar-refractivity contribution < 1.29 is 0 Å². The average Bonchev–Trinajstić information content (AvgIpc) is 2.38. The molecule has 5 nitrogen and oxygen atoms in total. The summed E-state index contributed by atoms with van der Waals surface area (Å²) < 4.78 is 2.00. The van der Waals surface area contributed by atoms with Gasteiger partial charge in [-0.2, -0.15) is 0 Å². The van der Waals surface area contributed by atoms with Crippen LogP contribution in [-0.4, -0.2) is 21.1 Å². The summed E-state index contributed by atoms with van der Waals surface area (Å²) in [5.41, 5.74) is 0.861. The molecule has 0 aliphatic rings. The van der Waals surface area contributed by atoms with E-state index in [0.717, 1.165) is 17.9 Å². The number of pyridine rings is 1. The van der Waals surface area contributed by atoms with Crippen LogP contribution in [-0.2, 0) is 6.54 Å². The molecule has 0 bridgehead atoms. The summed E-state index contributed by atoms with van der Waals surface area (Å²) in [5, 5.41) is 3.12. The first kappa shape index (κ1) is 12.8. The minimum absolute atomic E-state index is 0.0965.